The van der Waals surface area contributed by atoms with Crippen LogP contribution in [0.1, 0.15) is 9.67 Å². The van der Waals surface area contributed by atoms with Gasteiger partial charge in [-0.25, -0.2) is 0 Å². The molecule has 0 radical (unpaired) electrons. The summed E-state index contributed by atoms with van der Waals surface area (Å²) in [5.74, 6) is 0.579. The van der Waals surface area contributed by atoms with Crippen molar-refractivity contribution in [2.45, 2.75) is 0 Å². The van der Waals surface area contributed by atoms with E-state index in [9.17, 15) is 4.79 Å². The zero-order chi connectivity index (χ0) is 16.8. The van der Waals surface area contributed by atoms with Crippen LogP contribution >= 0.6 is 11.5 Å². The van der Waals surface area contributed by atoms with E-state index in [1.54, 1.807) is 7.11 Å². The van der Waals surface area contributed by atoms with Crippen molar-refractivity contribution in [3.05, 3.63) is 29.1 Å². The molecule has 8 heteroatoms. The predicted octanol–water partition coefficient (Wildman–Crippen LogP) is 1.28. The number of benzene rings is 1. The zero-order valence-corrected chi connectivity index (χ0v) is 14.3. The molecule has 2 heterocycles. The molecule has 0 aliphatic carbocycles. The first kappa shape index (κ1) is 16.8. The second kappa shape index (κ2) is 8.18. The van der Waals surface area contributed by atoms with Crippen LogP contribution < -0.4 is 10.1 Å². The second-order valence-electron chi connectivity index (χ2n) is 5.39. The molecule has 0 unspecified atom stereocenters. The Bertz CT molecular complexity index is 685. The molecule has 1 fully saturated rings. The summed E-state index contributed by atoms with van der Waals surface area (Å²) >= 11 is 1.10. The lowest BCUT2D eigenvalue weighted by Crippen LogP contribution is -2.41. The summed E-state index contributed by atoms with van der Waals surface area (Å²) in [5.41, 5.74) is 1.41. The van der Waals surface area contributed by atoms with E-state index < -0.39 is 0 Å². The van der Waals surface area contributed by atoms with Gasteiger partial charge in [-0.2, -0.15) is 0 Å². The summed E-state index contributed by atoms with van der Waals surface area (Å²) in [6.07, 6.45) is 0. The van der Waals surface area contributed by atoms with Gasteiger partial charge in [0.15, 0.2) is 0 Å². The first-order chi connectivity index (χ1) is 11.8. The highest BCUT2D eigenvalue weighted by Gasteiger charge is 2.18. The molecule has 7 nitrogen and oxygen atoms in total. The van der Waals surface area contributed by atoms with Gasteiger partial charge in [-0.3, -0.25) is 9.69 Å². The van der Waals surface area contributed by atoms with Crippen LogP contribution in [0.25, 0.3) is 11.3 Å². The van der Waals surface area contributed by atoms with Gasteiger partial charge in [0.2, 0.25) is 0 Å². The molecule has 128 valence electrons. The summed E-state index contributed by atoms with van der Waals surface area (Å²) < 4.78 is 14.5. The summed E-state index contributed by atoms with van der Waals surface area (Å²) in [5, 5.41) is 7.05. The molecule has 1 aliphatic rings. The van der Waals surface area contributed by atoms with Gasteiger partial charge in [0.1, 0.15) is 16.3 Å². The fourth-order valence-corrected chi connectivity index (χ4v) is 3.14. The van der Waals surface area contributed by atoms with Gasteiger partial charge < -0.3 is 14.8 Å². The number of carbonyl (C=O) groups is 1. The van der Waals surface area contributed by atoms with E-state index >= 15 is 0 Å². The van der Waals surface area contributed by atoms with Crippen molar-refractivity contribution >= 4 is 17.4 Å². The van der Waals surface area contributed by atoms with Crippen LogP contribution in [0.2, 0.25) is 0 Å². The molecule has 1 aromatic heterocycles. The van der Waals surface area contributed by atoms with Crippen LogP contribution in [0.5, 0.6) is 5.75 Å². The van der Waals surface area contributed by atoms with Gasteiger partial charge in [-0.1, -0.05) is 16.6 Å². The quantitative estimate of drug-likeness (QED) is 0.847. The predicted molar refractivity (Wildman–Crippen MR) is 91.5 cm³/mol. The average Bonchev–Trinajstić information content (AvgIpc) is 3.12. The third-order valence-electron chi connectivity index (χ3n) is 3.85. The summed E-state index contributed by atoms with van der Waals surface area (Å²) in [6, 6.07) is 7.46. The van der Waals surface area contributed by atoms with Crippen LogP contribution in [-0.4, -0.2) is 66.9 Å². The molecule has 1 aromatic carbocycles. The minimum Gasteiger partial charge on any atom is -0.497 e. The van der Waals surface area contributed by atoms with Crippen LogP contribution in [-0.2, 0) is 4.74 Å². The minimum absolute atomic E-state index is 0.143. The molecule has 1 amide bonds. The van der Waals surface area contributed by atoms with Gasteiger partial charge in [-0.05, 0) is 23.7 Å². The fourth-order valence-electron chi connectivity index (χ4n) is 2.53. The molecule has 1 N–H and O–H groups in total. The van der Waals surface area contributed by atoms with Crippen molar-refractivity contribution in [3.8, 4) is 17.0 Å². The van der Waals surface area contributed by atoms with Crippen LogP contribution in [0.4, 0.5) is 0 Å². The number of carbonyl (C=O) groups excluding carboxylic acids is 1. The summed E-state index contributed by atoms with van der Waals surface area (Å²) in [7, 11) is 1.61. The van der Waals surface area contributed by atoms with Gasteiger partial charge in [0.25, 0.3) is 5.91 Å². The van der Waals surface area contributed by atoms with Crippen LogP contribution in [0.15, 0.2) is 24.3 Å². The smallest absolute Gasteiger partial charge is 0.265 e. The SMILES string of the molecule is COc1cccc(-c2nnsc2C(=O)NCCN2CCOCC2)c1. The number of rotatable bonds is 6. The molecule has 3 rings (SSSR count). The third-order valence-corrected chi connectivity index (χ3v) is 4.58. The maximum Gasteiger partial charge on any atom is 0.265 e. The molecule has 1 saturated heterocycles. The molecule has 0 atom stereocenters. The van der Waals surface area contributed by atoms with Crippen molar-refractivity contribution in [3.63, 3.8) is 0 Å². The van der Waals surface area contributed by atoms with Crippen LogP contribution in [0, 0.1) is 0 Å². The number of amides is 1. The number of morpholine rings is 1. The number of hydrogen-bond donors (Lipinski definition) is 1. The number of nitrogens with one attached hydrogen (secondary N) is 1. The monoisotopic (exact) mass is 348 g/mol. The highest BCUT2D eigenvalue weighted by atomic mass is 32.1. The molecular formula is C16H20N4O3S. The molecule has 0 saturated carbocycles. The summed E-state index contributed by atoms with van der Waals surface area (Å²) in [4.78, 5) is 15.2. The van der Waals surface area contributed by atoms with Crippen molar-refractivity contribution in [1.29, 1.82) is 0 Å². The Labute approximate surface area is 144 Å². The molecule has 2 aromatic rings. The van der Waals surface area contributed by atoms with E-state index in [2.05, 4.69) is 19.8 Å². The number of ether oxygens (including phenoxy) is 2. The Hall–Kier alpha value is -2.03. The van der Waals surface area contributed by atoms with Crippen LogP contribution in [0.3, 0.4) is 0 Å². The van der Waals surface area contributed by atoms with E-state index in [4.69, 9.17) is 9.47 Å². The molecule has 0 bridgehead atoms. The maximum atomic E-state index is 12.4. The molecular weight excluding hydrogens is 328 g/mol. The Morgan fingerprint density at radius 3 is 3.04 bits per heavy atom. The lowest BCUT2D eigenvalue weighted by molar-refractivity contribution is 0.0383. The van der Waals surface area contributed by atoms with E-state index in [0.717, 1.165) is 55.7 Å². The van der Waals surface area contributed by atoms with Gasteiger partial charge in [0, 0.05) is 31.7 Å². The average molecular weight is 348 g/mol. The first-order valence-electron chi connectivity index (χ1n) is 7.83. The Morgan fingerprint density at radius 2 is 2.25 bits per heavy atom. The lowest BCUT2D eigenvalue weighted by atomic mass is 10.1. The van der Waals surface area contributed by atoms with E-state index in [1.807, 2.05) is 24.3 Å². The first-order valence-corrected chi connectivity index (χ1v) is 8.60. The number of nitrogens with zero attached hydrogens (tertiary/aromatic N) is 3. The van der Waals surface area contributed by atoms with Crippen molar-refractivity contribution in [2.24, 2.45) is 0 Å². The fraction of sp³-hybridized carbons (Fsp3) is 0.438. The van der Waals surface area contributed by atoms with Gasteiger partial charge >= 0.3 is 0 Å². The Kier molecular flexibility index (Phi) is 5.73. The van der Waals surface area contributed by atoms with Gasteiger partial charge in [0.05, 0.1) is 20.3 Å². The van der Waals surface area contributed by atoms with Gasteiger partial charge in [-0.15, -0.1) is 5.10 Å². The highest BCUT2D eigenvalue weighted by molar-refractivity contribution is 7.08. The number of methoxy groups -OCH3 is 1. The number of hydrogen-bond acceptors (Lipinski definition) is 7. The van der Waals surface area contributed by atoms with Crippen molar-refractivity contribution in [2.75, 3.05) is 46.5 Å². The highest BCUT2D eigenvalue weighted by Crippen LogP contribution is 2.26. The normalized spacial score (nSPS) is 15.2. The van der Waals surface area contributed by atoms with E-state index in [0.29, 0.717) is 17.1 Å². The van der Waals surface area contributed by atoms with Crippen molar-refractivity contribution < 1.29 is 14.3 Å². The van der Waals surface area contributed by atoms with E-state index in [1.165, 1.54) is 0 Å². The van der Waals surface area contributed by atoms with Crippen molar-refractivity contribution in [1.82, 2.24) is 19.8 Å². The topological polar surface area (TPSA) is 76.6 Å². The largest absolute Gasteiger partial charge is 0.497 e. The zero-order valence-electron chi connectivity index (χ0n) is 13.5. The lowest BCUT2D eigenvalue weighted by Gasteiger charge is -2.26. The van der Waals surface area contributed by atoms with E-state index in [-0.39, 0.29) is 5.91 Å². The maximum absolute atomic E-state index is 12.4. The Morgan fingerprint density at radius 1 is 1.42 bits per heavy atom. The molecule has 24 heavy (non-hydrogen) atoms. The molecule has 0 spiro atoms. The summed E-state index contributed by atoms with van der Waals surface area (Å²) in [6.45, 7) is 4.74. The third kappa shape index (κ3) is 4.08. The molecule has 1 aliphatic heterocycles. The second-order valence-corrected chi connectivity index (χ2v) is 6.15. The standard InChI is InChI=1S/C16H20N4O3S/c1-22-13-4-2-3-12(11-13)14-15(24-19-18-14)16(21)17-5-6-20-7-9-23-10-8-20/h2-4,11H,5-10H2,1H3,(H,17,21). The minimum atomic E-state index is -0.143. The number of aromatic nitrogens is 2. The Balaban J connectivity index is 1.62.